The van der Waals surface area contributed by atoms with E-state index in [1.807, 2.05) is 107 Å². The third kappa shape index (κ3) is 13.2. The van der Waals surface area contributed by atoms with E-state index in [4.69, 9.17) is 5.73 Å². The first-order valence-electron chi connectivity index (χ1n) is 22.8. The molecule has 0 aromatic heterocycles. The average Bonchev–Trinajstić information content (AvgIpc) is 3.27. The molecule has 0 saturated heterocycles. The molecule has 5 N–H and O–H groups in total. The van der Waals surface area contributed by atoms with Gasteiger partial charge >= 0.3 is 0 Å². The van der Waals surface area contributed by atoms with Gasteiger partial charge in [-0.3, -0.25) is 19.2 Å². The van der Waals surface area contributed by atoms with Crippen molar-refractivity contribution in [2.45, 2.75) is 125 Å². The molecular formula is C55H70N2O6. The number of ketones is 4. The number of hydrogen-bond acceptors (Lipinski definition) is 8. The lowest BCUT2D eigenvalue weighted by Crippen LogP contribution is -2.36. The fourth-order valence-electron chi connectivity index (χ4n) is 8.83. The normalized spacial score (nSPS) is 21.4. The van der Waals surface area contributed by atoms with Crippen molar-refractivity contribution in [1.29, 1.82) is 0 Å². The second kappa shape index (κ2) is 24.3. The third-order valence-corrected chi connectivity index (χ3v) is 12.5. The van der Waals surface area contributed by atoms with Crippen LogP contribution in [0.15, 0.2) is 154 Å². The molecule has 0 amide bonds. The summed E-state index contributed by atoms with van der Waals surface area (Å²) in [7, 11) is 0. The Balaban J connectivity index is 0.000000243. The number of rotatable bonds is 15. The van der Waals surface area contributed by atoms with E-state index in [0.717, 1.165) is 74.5 Å². The molecule has 0 saturated carbocycles. The maximum atomic E-state index is 13.3. The largest absolute Gasteiger partial charge is 0.505 e. The van der Waals surface area contributed by atoms with Gasteiger partial charge < -0.3 is 21.3 Å². The molecule has 4 aliphatic rings. The van der Waals surface area contributed by atoms with E-state index < -0.39 is 11.6 Å². The maximum absolute atomic E-state index is 13.3. The van der Waals surface area contributed by atoms with Crippen LogP contribution in [0.5, 0.6) is 0 Å². The second-order valence-corrected chi connectivity index (χ2v) is 17.5. The van der Waals surface area contributed by atoms with E-state index in [1.54, 1.807) is 0 Å². The number of nitrogens with two attached hydrogens (primary N) is 1. The summed E-state index contributed by atoms with van der Waals surface area (Å²) in [6, 6.07) is 19.8. The highest BCUT2D eigenvalue weighted by atomic mass is 16.3. The van der Waals surface area contributed by atoms with Crippen molar-refractivity contribution in [2.75, 3.05) is 0 Å². The minimum absolute atomic E-state index is 0.0321. The second-order valence-electron chi connectivity index (χ2n) is 17.5. The number of unbranched alkanes of at least 4 members (excludes halogenated alkanes) is 3. The number of allylic oxidation sites excluding steroid dienone is 11. The van der Waals surface area contributed by atoms with Crippen molar-refractivity contribution in [3.05, 3.63) is 165 Å². The van der Waals surface area contributed by atoms with Gasteiger partial charge in [-0.2, -0.15) is 0 Å². The van der Waals surface area contributed by atoms with Crippen LogP contribution in [0.1, 0.15) is 123 Å². The Labute approximate surface area is 376 Å². The van der Waals surface area contributed by atoms with E-state index >= 15 is 0 Å². The third-order valence-electron chi connectivity index (χ3n) is 12.5. The smallest absolute Gasteiger partial charge is 0.233 e. The summed E-state index contributed by atoms with van der Waals surface area (Å²) < 4.78 is 0. The average molecular weight is 855 g/mol. The zero-order chi connectivity index (χ0) is 46.2. The van der Waals surface area contributed by atoms with Crippen LogP contribution in [0.4, 0.5) is 0 Å². The van der Waals surface area contributed by atoms with Crippen molar-refractivity contribution in [3.63, 3.8) is 0 Å². The molecule has 8 heteroatoms. The van der Waals surface area contributed by atoms with Crippen molar-refractivity contribution in [1.82, 2.24) is 5.32 Å². The molecule has 2 aromatic carbocycles. The van der Waals surface area contributed by atoms with Crippen LogP contribution in [0, 0.1) is 23.7 Å². The minimum atomic E-state index is -0.568. The summed E-state index contributed by atoms with van der Waals surface area (Å²) in [5.74, 6) is -2.54. The number of nitrogens with one attached hydrogen (secondary N) is 1. The zero-order valence-corrected chi connectivity index (χ0v) is 38.5. The lowest BCUT2D eigenvalue weighted by Gasteiger charge is -2.34. The summed E-state index contributed by atoms with van der Waals surface area (Å²) in [6.45, 7) is 21.4. The molecule has 63 heavy (non-hydrogen) atoms. The van der Waals surface area contributed by atoms with Gasteiger partial charge in [0.15, 0.2) is 11.5 Å². The number of benzene rings is 2. The predicted molar refractivity (Wildman–Crippen MR) is 255 cm³/mol. The SMILES string of the molecule is C=C(C)[C@@H]1CCC(C)=C[C@H]1C1=C(O)C(=O)C(CCCC)=CC1=O.C=C(C)[C@@H]1CCC(C)=C[C@H]1C1=C(O)C(NCc2ccccc2)=C(CCCCC)C(=O)C1=O.NCc1ccccc1. The molecule has 0 bridgehead atoms. The van der Waals surface area contributed by atoms with Gasteiger partial charge in [-0.15, -0.1) is 0 Å². The summed E-state index contributed by atoms with van der Waals surface area (Å²) in [5.41, 5.74) is 13.6. The fourth-order valence-corrected chi connectivity index (χ4v) is 8.83. The number of Topliss-reactive ketones (excluding diaryl/α,β-unsaturated/α-hetero) is 3. The van der Waals surface area contributed by atoms with Gasteiger partial charge in [0.1, 0.15) is 5.76 Å². The Bertz CT molecular complexity index is 2200. The Kier molecular flexibility index (Phi) is 19.3. The van der Waals surface area contributed by atoms with Crippen LogP contribution in [0.25, 0.3) is 0 Å². The maximum Gasteiger partial charge on any atom is 0.233 e. The molecule has 2 aromatic rings. The molecule has 6 rings (SSSR count). The van der Waals surface area contributed by atoms with Crippen LogP contribution in [0.3, 0.4) is 0 Å². The number of aliphatic hydroxyl groups is 2. The van der Waals surface area contributed by atoms with E-state index in [0.29, 0.717) is 42.8 Å². The molecular weight excluding hydrogens is 785 g/mol. The first-order valence-corrected chi connectivity index (χ1v) is 22.8. The predicted octanol–water partition coefficient (Wildman–Crippen LogP) is 11.9. The number of hydrogen-bond donors (Lipinski definition) is 4. The van der Waals surface area contributed by atoms with Gasteiger partial charge in [-0.25, -0.2) is 0 Å². The molecule has 4 atom stereocenters. The first kappa shape index (κ1) is 50.0. The lowest BCUT2D eigenvalue weighted by atomic mass is 9.70. The first-order chi connectivity index (χ1) is 30.1. The van der Waals surface area contributed by atoms with Gasteiger partial charge in [0.05, 0.1) is 16.8 Å². The van der Waals surface area contributed by atoms with Crippen molar-refractivity contribution in [2.24, 2.45) is 29.4 Å². The van der Waals surface area contributed by atoms with Gasteiger partial charge in [0.25, 0.3) is 0 Å². The highest BCUT2D eigenvalue weighted by Crippen LogP contribution is 2.42. The number of aliphatic hydroxyl groups excluding tert-OH is 2. The molecule has 8 nitrogen and oxygen atoms in total. The highest BCUT2D eigenvalue weighted by molar-refractivity contribution is 6.50. The molecule has 0 fully saturated rings. The van der Waals surface area contributed by atoms with Crippen molar-refractivity contribution < 1.29 is 29.4 Å². The standard InChI is InChI=1S/C28H35NO3.C20H26O3.C7H9N/c1-5-6-8-13-22-25(29-17-20-11-9-7-10-12-20)27(31)24(28(32)26(22)30)23-16-19(4)14-15-21(23)18(2)3;1-5-6-7-14-11-17(21)18(20(23)19(14)22)16-10-13(4)8-9-15(16)12(2)3;8-6-7-4-2-1-3-5-7/h7,9-12,16,21,23,29,31H,2,5-6,8,13-15,17H2,1,3-4H3;10-11,15-16,23H,2,5-9H2,1,3-4H3;1-5H,6,8H2/t21-,23+;15-,16+;/m00./s1. The molecule has 4 aliphatic carbocycles. The molecule has 0 spiro atoms. The fraction of sp³-hybridized carbons (Fsp3) is 0.418. The molecule has 0 aliphatic heterocycles. The van der Waals surface area contributed by atoms with Crippen LogP contribution < -0.4 is 11.1 Å². The van der Waals surface area contributed by atoms with E-state index in [-0.39, 0.29) is 57.9 Å². The van der Waals surface area contributed by atoms with Crippen LogP contribution in [-0.2, 0) is 32.3 Å². The summed E-state index contributed by atoms with van der Waals surface area (Å²) in [5, 5.41) is 25.1. The minimum Gasteiger partial charge on any atom is -0.505 e. The quantitative estimate of drug-likeness (QED) is 0.0455. The van der Waals surface area contributed by atoms with Gasteiger partial charge in [0, 0.05) is 36.1 Å². The summed E-state index contributed by atoms with van der Waals surface area (Å²) >= 11 is 0. The Morgan fingerprint density at radius 3 is 1.70 bits per heavy atom. The molecule has 0 unspecified atom stereocenters. The van der Waals surface area contributed by atoms with Gasteiger partial charge in [-0.05, 0) is 108 Å². The molecule has 336 valence electrons. The van der Waals surface area contributed by atoms with Gasteiger partial charge in [-0.1, -0.05) is 141 Å². The Morgan fingerprint density at radius 2 is 1.21 bits per heavy atom. The molecule has 0 radical (unpaired) electrons. The Morgan fingerprint density at radius 1 is 0.683 bits per heavy atom. The monoisotopic (exact) mass is 855 g/mol. The van der Waals surface area contributed by atoms with E-state index in [2.05, 4.69) is 25.4 Å². The molecule has 0 heterocycles. The number of carbonyl (C=O) groups excluding carboxylic acids is 4. The van der Waals surface area contributed by atoms with E-state index in [9.17, 15) is 29.4 Å². The van der Waals surface area contributed by atoms with Crippen molar-refractivity contribution in [3.8, 4) is 0 Å². The summed E-state index contributed by atoms with van der Waals surface area (Å²) in [6.07, 6.45) is 14.7. The van der Waals surface area contributed by atoms with Crippen LogP contribution >= 0.6 is 0 Å². The van der Waals surface area contributed by atoms with Gasteiger partial charge in [0.2, 0.25) is 17.3 Å². The Hall–Kier alpha value is -5.60. The van der Waals surface area contributed by atoms with Crippen LogP contribution in [-0.4, -0.2) is 33.3 Å². The topological polar surface area (TPSA) is 147 Å². The van der Waals surface area contributed by atoms with Crippen molar-refractivity contribution >= 4 is 23.1 Å². The lowest BCUT2D eigenvalue weighted by molar-refractivity contribution is -0.133. The number of carbonyl (C=O) groups is 4. The van der Waals surface area contributed by atoms with Crippen LogP contribution in [0.2, 0.25) is 0 Å². The zero-order valence-electron chi connectivity index (χ0n) is 38.5. The summed E-state index contributed by atoms with van der Waals surface area (Å²) in [4.78, 5) is 51.6. The highest BCUT2D eigenvalue weighted by Gasteiger charge is 2.41. The van der Waals surface area contributed by atoms with E-state index in [1.165, 1.54) is 22.8 Å².